The summed E-state index contributed by atoms with van der Waals surface area (Å²) in [5.74, 6) is 0. The Morgan fingerprint density at radius 3 is 2.70 bits per heavy atom. The van der Waals surface area contributed by atoms with Crippen LogP contribution in [0.25, 0.3) is 0 Å². The van der Waals surface area contributed by atoms with Crippen molar-refractivity contribution in [3.63, 3.8) is 0 Å². The fourth-order valence-corrected chi connectivity index (χ4v) is 2.61. The second-order valence-corrected chi connectivity index (χ2v) is 5.66. The number of nitrogens with zero attached hydrogens (tertiary/aromatic N) is 1. The van der Waals surface area contributed by atoms with E-state index in [0.717, 1.165) is 15.7 Å². The molecule has 4 nitrogen and oxygen atoms in total. The molecule has 0 spiro atoms. The number of hydrogen-bond acceptors (Lipinski definition) is 3. The summed E-state index contributed by atoms with van der Waals surface area (Å²) >= 11 is 9.25. The van der Waals surface area contributed by atoms with Crippen LogP contribution in [-0.2, 0) is 6.54 Å². The van der Waals surface area contributed by atoms with Crippen LogP contribution in [-0.4, -0.2) is 4.92 Å². The lowest BCUT2D eigenvalue weighted by atomic mass is 10.1. The van der Waals surface area contributed by atoms with E-state index < -0.39 is 4.92 Å². The minimum absolute atomic E-state index is 0.0215. The summed E-state index contributed by atoms with van der Waals surface area (Å²) in [5, 5.41) is 14.5. The minimum atomic E-state index is -0.424. The molecule has 1 N–H and O–H groups in total. The molecule has 0 heterocycles. The zero-order chi connectivity index (χ0) is 14.7. The molecule has 2 aromatic rings. The highest BCUT2D eigenvalue weighted by Crippen LogP contribution is 2.27. The molecule has 0 radical (unpaired) electrons. The third kappa shape index (κ3) is 3.49. The molecule has 0 fully saturated rings. The highest BCUT2D eigenvalue weighted by Gasteiger charge is 2.14. The SMILES string of the molecule is Cc1ccc(NCc2ccc(Cl)cc2[N+](=O)[O-])c(Br)c1. The Hall–Kier alpha value is -1.59. The molecule has 0 aliphatic carbocycles. The molecule has 2 rings (SSSR count). The molecule has 20 heavy (non-hydrogen) atoms. The van der Waals surface area contributed by atoms with Crippen molar-refractivity contribution in [3.05, 3.63) is 67.1 Å². The van der Waals surface area contributed by atoms with Crippen molar-refractivity contribution < 1.29 is 4.92 Å². The Kier molecular flexibility index (Phi) is 4.62. The molecule has 0 unspecified atom stereocenters. The van der Waals surface area contributed by atoms with E-state index in [9.17, 15) is 10.1 Å². The second-order valence-electron chi connectivity index (χ2n) is 4.37. The molecule has 0 aliphatic rings. The molecule has 0 amide bonds. The number of halogens is 2. The highest BCUT2D eigenvalue weighted by atomic mass is 79.9. The van der Waals surface area contributed by atoms with Crippen LogP contribution in [0.3, 0.4) is 0 Å². The Morgan fingerprint density at radius 2 is 2.05 bits per heavy atom. The van der Waals surface area contributed by atoms with Gasteiger partial charge in [-0.3, -0.25) is 10.1 Å². The van der Waals surface area contributed by atoms with E-state index in [1.165, 1.54) is 6.07 Å². The van der Waals surface area contributed by atoms with Crippen molar-refractivity contribution in [2.45, 2.75) is 13.5 Å². The van der Waals surface area contributed by atoms with E-state index in [-0.39, 0.29) is 5.69 Å². The molecule has 0 aliphatic heterocycles. The van der Waals surface area contributed by atoms with Gasteiger partial charge in [-0.2, -0.15) is 0 Å². The highest BCUT2D eigenvalue weighted by molar-refractivity contribution is 9.10. The first-order chi connectivity index (χ1) is 9.47. The number of aryl methyl sites for hydroxylation is 1. The monoisotopic (exact) mass is 354 g/mol. The lowest BCUT2D eigenvalue weighted by Crippen LogP contribution is -2.03. The summed E-state index contributed by atoms with van der Waals surface area (Å²) in [4.78, 5) is 10.6. The predicted octanol–water partition coefficient (Wildman–Crippen LogP) is 4.93. The van der Waals surface area contributed by atoms with Crippen molar-refractivity contribution in [2.24, 2.45) is 0 Å². The molecule has 104 valence electrons. The number of nitrogens with one attached hydrogen (secondary N) is 1. The smallest absolute Gasteiger partial charge is 0.275 e. The lowest BCUT2D eigenvalue weighted by molar-refractivity contribution is -0.385. The maximum atomic E-state index is 11.0. The van der Waals surface area contributed by atoms with Crippen LogP contribution in [0.5, 0.6) is 0 Å². The van der Waals surface area contributed by atoms with Crippen LogP contribution in [0.2, 0.25) is 5.02 Å². The second kappa shape index (κ2) is 6.24. The Balaban J connectivity index is 2.20. The minimum Gasteiger partial charge on any atom is -0.380 e. The van der Waals surface area contributed by atoms with Crippen molar-refractivity contribution >= 4 is 38.9 Å². The molecule has 0 saturated heterocycles. The maximum Gasteiger partial charge on any atom is 0.275 e. The van der Waals surface area contributed by atoms with Crippen molar-refractivity contribution in [3.8, 4) is 0 Å². The largest absolute Gasteiger partial charge is 0.380 e. The fraction of sp³-hybridized carbons (Fsp3) is 0.143. The maximum absolute atomic E-state index is 11.0. The van der Waals surface area contributed by atoms with E-state index in [1.807, 2.05) is 25.1 Å². The van der Waals surface area contributed by atoms with Gasteiger partial charge in [0.2, 0.25) is 0 Å². The van der Waals surface area contributed by atoms with Crippen LogP contribution < -0.4 is 5.32 Å². The average Bonchev–Trinajstić information content (AvgIpc) is 2.38. The first-order valence-corrected chi connectivity index (χ1v) is 7.07. The van der Waals surface area contributed by atoms with Crippen molar-refractivity contribution in [1.29, 1.82) is 0 Å². The number of anilines is 1. The van der Waals surface area contributed by atoms with Gasteiger partial charge < -0.3 is 5.32 Å². The standard InChI is InChI=1S/C14H12BrClN2O2/c1-9-2-5-13(12(15)6-9)17-8-10-3-4-11(16)7-14(10)18(19)20/h2-7,17H,8H2,1H3. The van der Waals surface area contributed by atoms with E-state index >= 15 is 0 Å². The molecule has 2 aromatic carbocycles. The molecule has 6 heteroatoms. The van der Waals surface area contributed by atoms with E-state index in [0.29, 0.717) is 17.1 Å². The Labute approximate surface area is 130 Å². The van der Waals surface area contributed by atoms with Crippen LogP contribution in [0, 0.1) is 17.0 Å². The van der Waals surface area contributed by atoms with E-state index in [2.05, 4.69) is 21.2 Å². The fourth-order valence-electron chi connectivity index (χ4n) is 1.81. The van der Waals surface area contributed by atoms with Crippen molar-refractivity contribution in [2.75, 3.05) is 5.32 Å². The van der Waals surface area contributed by atoms with Crippen LogP contribution >= 0.6 is 27.5 Å². The number of hydrogen-bond donors (Lipinski definition) is 1. The van der Waals surface area contributed by atoms with Crippen LogP contribution in [0.15, 0.2) is 40.9 Å². The summed E-state index contributed by atoms with van der Waals surface area (Å²) in [6, 6.07) is 10.6. The van der Waals surface area contributed by atoms with Gasteiger partial charge in [0.15, 0.2) is 0 Å². The molecule has 0 saturated carbocycles. The number of nitro groups is 1. The third-order valence-corrected chi connectivity index (χ3v) is 3.73. The van der Waals surface area contributed by atoms with Gasteiger partial charge in [-0.1, -0.05) is 17.7 Å². The summed E-state index contributed by atoms with van der Waals surface area (Å²) in [7, 11) is 0. The quantitative estimate of drug-likeness (QED) is 0.625. The van der Waals surface area contributed by atoms with E-state index in [4.69, 9.17) is 11.6 Å². The van der Waals surface area contributed by atoms with E-state index in [1.54, 1.807) is 12.1 Å². The number of benzene rings is 2. The first-order valence-electron chi connectivity index (χ1n) is 5.90. The van der Waals surface area contributed by atoms with Gasteiger partial charge in [0.1, 0.15) is 0 Å². The van der Waals surface area contributed by atoms with Crippen LogP contribution in [0.1, 0.15) is 11.1 Å². The number of rotatable bonds is 4. The summed E-state index contributed by atoms with van der Waals surface area (Å²) in [6.07, 6.45) is 0. The third-order valence-electron chi connectivity index (χ3n) is 2.84. The van der Waals surface area contributed by atoms with Gasteiger partial charge >= 0.3 is 0 Å². The Bertz CT molecular complexity index is 662. The predicted molar refractivity (Wildman–Crippen MR) is 84.3 cm³/mol. The summed E-state index contributed by atoms with van der Waals surface area (Å²) in [6.45, 7) is 2.35. The van der Waals surface area contributed by atoms with Gasteiger partial charge in [-0.15, -0.1) is 0 Å². The Morgan fingerprint density at radius 1 is 1.30 bits per heavy atom. The van der Waals surface area contributed by atoms with Gasteiger partial charge in [0.25, 0.3) is 5.69 Å². The summed E-state index contributed by atoms with van der Waals surface area (Å²) < 4.78 is 0.925. The normalized spacial score (nSPS) is 10.3. The molecular weight excluding hydrogens is 344 g/mol. The molecule has 0 aromatic heterocycles. The molecule has 0 atom stereocenters. The lowest BCUT2D eigenvalue weighted by Gasteiger charge is -2.10. The van der Waals surface area contributed by atoms with Gasteiger partial charge in [-0.25, -0.2) is 0 Å². The van der Waals surface area contributed by atoms with Gasteiger partial charge in [0, 0.05) is 33.4 Å². The molecular formula is C14H12BrClN2O2. The summed E-state index contributed by atoms with van der Waals surface area (Å²) in [5.41, 5.74) is 2.64. The number of nitro benzene ring substituents is 1. The van der Waals surface area contributed by atoms with Gasteiger partial charge in [-0.05, 0) is 52.7 Å². The molecule has 0 bridgehead atoms. The topological polar surface area (TPSA) is 55.2 Å². The first kappa shape index (κ1) is 14.8. The van der Waals surface area contributed by atoms with Crippen molar-refractivity contribution in [1.82, 2.24) is 0 Å². The van der Waals surface area contributed by atoms with Crippen LogP contribution in [0.4, 0.5) is 11.4 Å². The zero-order valence-corrected chi connectivity index (χ0v) is 13.0. The van der Waals surface area contributed by atoms with Gasteiger partial charge in [0.05, 0.1) is 4.92 Å². The zero-order valence-electron chi connectivity index (χ0n) is 10.7. The average molecular weight is 356 g/mol.